The maximum Gasteiger partial charge on any atom is 0.253 e. The van der Waals surface area contributed by atoms with Crippen molar-refractivity contribution in [2.24, 2.45) is 0 Å². The zero-order valence-electron chi connectivity index (χ0n) is 11.6. The number of aryl methyl sites for hydroxylation is 1. The summed E-state index contributed by atoms with van der Waals surface area (Å²) in [5.74, 6) is 0.0129. The van der Waals surface area contributed by atoms with Crippen LogP contribution in [0, 0.1) is 12.7 Å². The van der Waals surface area contributed by atoms with E-state index in [9.17, 15) is 9.18 Å². The van der Waals surface area contributed by atoms with Crippen molar-refractivity contribution in [2.45, 2.75) is 25.9 Å². The van der Waals surface area contributed by atoms with E-state index in [1.54, 1.807) is 17.9 Å². The Kier molecular flexibility index (Phi) is 5.38. The van der Waals surface area contributed by atoms with Gasteiger partial charge in [-0.2, -0.15) is 0 Å². The summed E-state index contributed by atoms with van der Waals surface area (Å²) in [4.78, 5) is 14.1. The SMILES string of the molecule is Cc1cc(F)cc(C(=O)N2CCC(OCCCl)CC2)c1. The Balaban J connectivity index is 1.94. The van der Waals surface area contributed by atoms with Crippen LogP contribution in [0.4, 0.5) is 4.39 Å². The van der Waals surface area contributed by atoms with Crippen LogP contribution in [-0.2, 0) is 4.74 Å². The van der Waals surface area contributed by atoms with Crippen LogP contribution in [0.1, 0.15) is 28.8 Å². The van der Waals surface area contributed by atoms with Crippen LogP contribution in [0.2, 0.25) is 0 Å². The predicted octanol–water partition coefficient (Wildman–Crippen LogP) is 2.99. The van der Waals surface area contributed by atoms with Gasteiger partial charge in [0.2, 0.25) is 0 Å². The largest absolute Gasteiger partial charge is 0.377 e. The first-order valence-corrected chi connectivity index (χ1v) is 7.37. The molecule has 20 heavy (non-hydrogen) atoms. The van der Waals surface area contributed by atoms with Crippen molar-refractivity contribution in [3.05, 3.63) is 35.1 Å². The number of alkyl halides is 1. The van der Waals surface area contributed by atoms with Gasteiger partial charge in [-0.3, -0.25) is 4.79 Å². The summed E-state index contributed by atoms with van der Waals surface area (Å²) in [5, 5.41) is 0. The van der Waals surface area contributed by atoms with Gasteiger partial charge >= 0.3 is 0 Å². The summed E-state index contributed by atoms with van der Waals surface area (Å²) in [6, 6.07) is 4.44. The zero-order valence-corrected chi connectivity index (χ0v) is 12.3. The van der Waals surface area contributed by atoms with Crippen molar-refractivity contribution >= 4 is 17.5 Å². The molecule has 1 saturated heterocycles. The van der Waals surface area contributed by atoms with Crippen LogP contribution >= 0.6 is 11.6 Å². The van der Waals surface area contributed by atoms with Gasteiger partial charge in [0.15, 0.2) is 0 Å². The third-order valence-corrected chi connectivity index (χ3v) is 3.60. The topological polar surface area (TPSA) is 29.5 Å². The average Bonchev–Trinajstić information content (AvgIpc) is 2.44. The molecule has 1 aromatic carbocycles. The Morgan fingerprint density at radius 3 is 2.70 bits per heavy atom. The number of halogens is 2. The number of amides is 1. The quantitative estimate of drug-likeness (QED) is 0.800. The van der Waals surface area contributed by atoms with Gasteiger partial charge in [0.1, 0.15) is 5.82 Å². The van der Waals surface area contributed by atoms with E-state index in [-0.39, 0.29) is 17.8 Å². The van der Waals surface area contributed by atoms with E-state index in [4.69, 9.17) is 16.3 Å². The molecule has 0 N–H and O–H groups in total. The van der Waals surface area contributed by atoms with Crippen molar-refractivity contribution in [1.29, 1.82) is 0 Å². The third-order valence-electron chi connectivity index (χ3n) is 3.45. The number of carbonyl (C=O) groups excluding carboxylic acids is 1. The Hall–Kier alpha value is -1.13. The van der Waals surface area contributed by atoms with Crippen molar-refractivity contribution in [1.82, 2.24) is 4.90 Å². The van der Waals surface area contributed by atoms with Crippen LogP contribution in [0.15, 0.2) is 18.2 Å². The second kappa shape index (κ2) is 7.04. The van der Waals surface area contributed by atoms with Gasteiger partial charge < -0.3 is 9.64 Å². The molecule has 1 aliphatic rings. The van der Waals surface area contributed by atoms with E-state index < -0.39 is 0 Å². The first-order chi connectivity index (χ1) is 9.60. The molecule has 0 unspecified atom stereocenters. The van der Waals surface area contributed by atoms with E-state index in [1.165, 1.54) is 12.1 Å². The molecule has 1 aliphatic heterocycles. The monoisotopic (exact) mass is 299 g/mol. The van der Waals surface area contributed by atoms with Gasteiger partial charge in [0.05, 0.1) is 12.7 Å². The summed E-state index contributed by atoms with van der Waals surface area (Å²) in [6.45, 7) is 3.61. The minimum Gasteiger partial charge on any atom is -0.377 e. The minimum absolute atomic E-state index is 0.108. The molecule has 0 saturated carbocycles. The smallest absolute Gasteiger partial charge is 0.253 e. The maximum absolute atomic E-state index is 13.4. The molecule has 1 heterocycles. The first kappa shape index (κ1) is 15.3. The normalized spacial score (nSPS) is 16.4. The van der Waals surface area contributed by atoms with Crippen LogP contribution in [-0.4, -0.2) is 42.5 Å². The molecule has 3 nitrogen and oxygen atoms in total. The Bertz CT molecular complexity index is 453. The molecular weight excluding hydrogens is 281 g/mol. The summed E-state index contributed by atoms with van der Waals surface area (Å²) >= 11 is 5.58. The lowest BCUT2D eigenvalue weighted by molar-refractivity contribution is 0.0154. The lowest BCUT2D eigenvalue weighted by atomic mass is 10.1. The van der Waals surface area contributed by atoms with Gasteiger partial charge in [-0.15, -0.1) is 11.6 Å². The summed E-state index contributed by atoms with van der Waals surface area (Å²) in [6.07, 6.45) is 1.78. The van der Waals surface area contributed by atoms with Gasteiger partial charge in [-0.1, -0.05) is 0 Å². The lowest BCUT2D eigenvalue weighted by Gasteiger charge is -2.32. The standard InChI is InChI=1S/C15H19ClFNO2/c1-11-8-12(10-13(17)9-11)15(19)18-5-2-14(3-6-18)20-7-4-16/h8-10,14H,2-7H2,1H3. The van der Waals surface area contributed by atoms with Crippen LogP contribution in [0.3, 0.4) is 0 Å². The number of hydrogen-bond donors (Lipinski definition) is 0. The van der Waals surface area contributed by atoms with Gasteiger partial charge in [-0.05, 0) is 43.5 Å². The van der Waals surface area contributed by atoms with E-state index in [1.807, 2.05) is 0 Å². The second-order valence-corrected chi connectivity index (χ2v) is 5.45. The molecule has 1 fully saturated rings. The van der Waals surface area contributed by atoms with Crippen LogP contribution in [0.25, 0.3) is 0 Å². The number of rotatable bonds is 4. The molecule has 0 bridgehead atoms. The van der Waals surface area contributed by atoms with E-state index in [0.29, 0.717) is 31.1 Å². The molecule has 1 amide bonds. The number of hydrogen-bond acceptors (Lipinski definition) is 2. The fraction of sp³-hybridized carbons (Fsp3) is 0.533. The van der Waals surface area contributed by atoms with Crippen molar-refractivity contribution in [3.8, 4) is 0 Å². The van der Waals surface area contributed by atoms with Crippen molar-refractivity contribution < 1.29 is 13.9 Å². The number of nitrogens with zero attached hydrogens (tertiary/aromatic N) is 1. The number of benzene rings is 1. The van der Waals surface area contributed by atoms with Gasteiger partial charge in [-0.25, -0.2) is 4.39 Å². The number of piperidine rings is 1. The Morgan fingerprint density at radius 1 is 1.40 bits per heavy atom. The summed E-state index contributed by atoms with van der Waals surface area (Å²) < 4.78 is 18.9. The fourth-order valence-corrected chi connectivity index (χ4v) is 2.57. The highest BCUT2D eigenvalue weighted by molar-refractivity contribution is 6.17. The van der Waals surface area contributed by atoms with Crippen LogP contribution in [0.5, 0.6) is 0 Å². The van der Waals surface area contributed by atoms with Crippen molar-refractivity contribution in [3.63, 3.8) is 0 Å². The fourth-order valence-electron chi connectivity index (χ4n) is 2.48. The molecule has 0 aromatic heterocycles. The molecular formula is C15H19ClFNO2. The molecule has 0 atom stereocenters. The van der Waals surface area contributed by atoms with Crippen LogP contribution < -0.4 is 0 Å². The molecule has 5 heteroatoms. The molecule has 0 aliphatic carbocycles. The number of ether oxygens (including phenoxy) is 1. The number of carbonyl (C=O) groups is 1. The van der Waals surface area contributed by atoms with E-state index >= 15 is 0 Å². The lowest BCUT2D eigenvalue weighted by Crippen LogP contribution is -2.41. The third kappa shape index (κ3) is 3.93. The first-order valence-electron chi connectivity index (χ1n) is 6.84. The summed E-state index contributed by atoms with van der Waals surface area (Å²) in [5.41, 5.74) is 1.18. The minimum atomic E-state index is -0.367. The second-order valence-electron chi connectivity index (χ2n) is 5.07. The molecule has 0 radical (unpaired) electrons. The highest BCUT2D eigenvalue weighted by Crippen LogP contribution is 2.17. The Labute approximate surface area is 123 Å². The highest BCUT2D eigenvalue weighted by Gasteiger charge is 2.24. The maximum atomic E-state index is 13.4. The molecule has 110 valence electrons. The molecule has 1 aromatic rings. The number of likely N-dealkylation sites (tertiary alicyclic amines) is 1. The van der Waals surface area contributed by atoms with E-state index in [2.05, 4.69) is 0 Å². The van der Waals surface area contributed by atoms with E-state index in [0.717, 1.165) is 18.4 Å². The Morgan fingerprint density at radius 2 is 2.10 bits per heavy atom. The zero-order chi connectivity index (χ0) is 14.5. The molecule has 2 rings (SSSR count). The van der Waals surface area contributed by atoms with Gasteiger partial charge in [0.25, 0.3) is 5.91 Å². The summed E-state index contributed by atoms with van der Waals surface area (Å²) in [7, 11) is 0. The molecule has 0 spiro atoms. The van der Waals surface area contributed by atoms with Crippen molar-refractivity contribution in [2.75, 3.05) is 25.6 Å². The average molecular weight is 300 g/mol. The van der Waals surface area contributed by atoms with Gasteiger partial charge in [0, 0.05) is 24.5 Å². The highest BCUT2D eigenvalue weighted by atomic mass is 35.5. The predicted molar refractivity (Wildman–Crippen MR) is 76.7 cm³/mol.